The molecule has 0 aliphatic carbocycles. The smallest absolute Gasteiger partial charge is 0.348 e. The molecule has 3 rings (SSSR count). The SMILES string of the molecule is CCOC(=O)c1sc2nc([C@@H](C)OC(=O)c3cccc(C)c3O)[nH]c(=O)c2c1C. The molecule has 1 aromatic carbocycles. The van der Waals surface area contributed by atoms with Crippen LogP contribution in [0.3, 0.4) is 0 Å². The summed E-state index contributed by atoms with van der Waals surface area (Å²) in [7, 11) is 0. The summed E-state index contributed by atoms with van der Waals surface area (Å²) in [5.41, 5.74) is 0.631. The van der Waals surface area contributed by atoms with Crippen LogP contribution < -0.4 is 5.56 Å². The van der Waals surface area contributed by atoms with Crippen LogP contribution in [0.2, 0.25) is 0 Å². The standard InChI is InChI=1S/C20H20N2O6S/c1-5-27-20(26)15-10(3)13-17(24)21-16(22-18(13)29-15)11(4)28-19(25)12-8-6-7-9(2)14(12)23/h6-8,11,23H,5H2,1-4H3,(H,21,22,24)/t11-/m1/s1. The van der Waals surface area contributed by atoms with Crippen LogP contribution in [0.15, 0.2) is 23.0 Å². The molecule has 9 heteroatoms. The molecule has 152 valence electrons. The Morgan fingerprint density at radius 2 is 2.00 bits per heavy atom. The summed E-state index contributed by atoms with van der Waals surface area (Å²) in [6.45, 7) is 6.81. The Hall–Kier alpha value is -3.20. The van der Waals surface area contributed by atoms with E-state index >= 15 is 0 Å². The number of phenolic OH excluding ortho intramolecular Hbond substituents is 1. The first kappa shape index (κ1) is 20.5. The minimum atomic E-state index is -0.882. The molecule has 3 aromatic rings. The van der Waals surface area contributed by atoms with E-state index < -0.39 is 23.6 Å². The zero-order chi connectivity index (χ0) is 21.3. The van der Waals surface area contributed by atoms with Gasteiger partial charge in [-0.2, -0.15) is 0 Å². The molecule has 0 radical (unpaired) electrons. The van der Waals surface area contributed by atoms with Crippen molar-refractivity contribution in [1.29, 1.82) is 0 Å². The van der Waals surface area contributed by atoms with E-state index in [2.05, 4.69) is 9.97 Å². The second-order valence-corrected chi connectivity index (χ2v) is 7.43. The highest BCUT2D eigenvalue weighted by Crippen LogP contribution is 2.29. The largest absolute Gasteiger partial charge is 0.507 e. The van der Waals surface area contributed by atoms with Gasteiger partial charge in [-0.3, -0.25) is 4.79 Å². The molecule has 0 fully saturated rings. The number of aryl methyl sites for hydroxylation is 2. The Kier molecular flexibility index (Phi) is 5.69. The lowest BCUT2D eigenvalue weighted by Crippen LogP contribution is -2.17. The second-order valence-electron chi connectivity index (χ2n) is 6.43. The Morgan fingerprint density at radius 1 is 1.28 bits per heavy atom. The van der Waals surface area contributed by atoms with E-state index in [1.165, 1.54) is 6.07 Å². The quantitative estimate of drug-likeness (QED) is 0.612. The van der Waals surface area contributed by atoms with E-state index in [1.54, 1.807) is 39.8 Å². The molecule has 0 amide bonds. The Bertz CT molecular complexity index is 1160. The summed E-state index contributed by atoms with van der Waals surface area (Å²) in [6, 6.07) is 4.75. The minimum absolute atomic E-state index is 0.0249. The molecular weight excluding hydrogens is 396 g/mol. The van der Waals surface area contributed by atoms with Crippen molar-refractivity contribution in [2.24, 2.45) is 0 Å². The normalized spacial score (nSPS) is 12.0. The number of aromatic amines is 1. The van der Waals surface area contributed by atoms with Crippen molar-refractivity contribution < 1.29 is 24.2 Å². The second kappa shape index (κ2) is 8.04. The fourth-order valence-corrected chi connectivity index (χ4v) is 3.93. The molecule has 0 spiro atoms. The number of fused-ring (bicyclic) bond motifs is 1. The van der Waals surface area contributed by atoms with Gasteiger partial charge in [0.05, 0.1) is 12.0 Å². The van der Waals surface area contributed by atoms with Crippen LogP contribution >= 0.6 is 11.3 Å². The number of thiophene rings is 1. The topological polar surface area (TPSA) is 119 Å². The summed E-state index contributed by atoms with van der Waals surface area (Å²) < 4.78 is 10.4. The fraction of sp³-hybridized carbons (Fsp3) is 0.300. The van der Waals surface area contributed by atoms with E-state index in [-0.39, 0.29) is 23.7 Å². The maximum Gasteiger partial charge on any atom is 0.348 e. The number of nitrogens with zero attached hydrogens (tertiary/aromatic N) is 1. The van der Waals surface area contributed by atoms with Crippen molar-refractivity contribution in [3.8, 4) is 5.75 Å². The summed E-state index contributed by atoms with van der Waals surface area (Å²) in [5, 5.41) is 10.4. The van der Waals surface area contributed by atoms with Crippen molar-refractivity contribution in [3.63, 3.8) is 0 Å². The van der Waals surface area contributed by atoms with Crippen LogP contribution in [0.25, 0.3) is 10.2 Å². The lowest BCUT2D eigenvalue weighted by molar-refractivity contribution is 0.0316. The van der Waals surface area contributed by atoms with Gasteiger partial charge in [-0.1, -0.05) is 12.1 Å². The molecule has 0 aliphatic rings. The zero-order valence-corrected chi connectivity index (χ0v) is 17.2. The molecule has 2 aromatic heterocycles. The number of hydrogen-bond acceptors (Lipinski definition) is 8. The van der Waals surface area contributed by atoms with Gasteiger partial charge in [-0.25, -0.2) is 14.6 Å². The molecule has 29 heavy (non-hydrogen) atoms. The number of hydrogen-bond donors (Lipinski definition) is 2. The number of benzene rings is 1. The predicted octanol–water partition coefficient (Wildman–Crippen LogP) is 3.40. The van der Waals surface area contributed by atoms with E-state index in [0.29, 0.717) is 26.2 Å². The third-order valence-corrected chi connectivity index (χ3v) is 5.57. The van der Waals surface area contributed by atoms with Crippen molar-refractivity contribution in [2.45, 2.75) is 33.8 Å². The number of H-pyrrole nitrogens is 1. The molecular formula is C20H20N2O6S. The molecule has 2 heterocycles. The van der Waals surface area contributed by atoms with Crippen molar-refractivity contribution in [2.75, 3.05) is 6.61 Å². The summed E-state index contributed by atoms with van der Waals surface area (Å²) >= 11 is 1.05. The van der Waals surface area contributed by atoms with Crippen molar-refractivity contribution in [1.82, 2.24) is 9.97 Å². The van der Waals surface area contributed by atoms with Crippen molar-refractivity contribution >= 4 is 33.5 Å². The molecule has 8 nitrogen and oxygen atoms in total. The van der Waals surface area contributed by atoms with E-state index in [1.807, 2.05) is 0 Å². The van der Waals surface area contributed by atoms with Gasteiger partial charge in [0.2, 0.25) is 0 Å². The number of carbonyl (C=O) groups is 2. The van der Waals surface area contributed by atoms with Gasteiger partial charge in [0.25, 0.3) is 5.56 Å². The molecule has 1 atom stereocenters. The summed E-state index contributed by atoms with van der Waals surface area (Å²) in [5.74, 6) is -1.27. The molecule has 0 saturated carbocycles. The summed E-state index contributed by atoms with van der Waals surface area (Å²) in [4.78, 5) is 44.7. The predicted molar refractivity (Wildman–Crippen MR) is 108 cm³/mol. The Morgan fingerprint density at radius 3 is 2.69 bits per heavy atom. The van der Waals surface area contributed by atoms with Crippen LogP contribution in [0.1, 0.15) is 56.9 Å². The minimum Gasteiger partial charge on any atom is -0.507 e. The Balaban J connectivity index is 1.93. The molecule has 0 unspecified atom stereocenters. The molecule has 0 bridgehead atoms. The number of ether oxygens (including phenoxy) is 2. The number of nitrogens with one attached hydrogen (secondary N) is 1. The number of aromatic hydroxyl groups is 1. The van der Waals surface area contributed by atoms with Crippen LogP contribution in [0, 0.1) is 13.8 Å². The van der Waals surface area contributed by atoms with Gasteiger partial charge < -0.3 is 19.6 Å². The monoisotopic (exact) mass is 416 g/mol. The number of para-hydroxylation sites is 1. The highest BCUT2D eigenvalue weighted by molar-refractivity contribution is 7.20. The fourth-order valence-electron chi connectivity index (χ4n) is 2.85. The van der Waals surface area contributed by atoms with Crippen molar-refractivity contribution in [3.05, 3.63) is 55.9 Å². The van der Waals surface area contributed by atoms with Crippen LogP contribution in [-0.4, -0.2) is 33.6 Å². The van der Waals surface area contributed by atoms with Gasteiger partial charge in [0, 0.05) is 0 Å². The van der Waals surface area contributed by atoms with Crippen LogP contribution in [-0.2, 0) is 9.47 Å². The average Bonchev–Trinajstić information content (AvgIpc) is 3.01. The summed E-state index contributed by atoms with van der Waals surface area (Å²) in [6.07, 6.45) is -0.882. The number of carbonyl (C=O) groups excluding carboxylic acids is 2. The number of aromatic nitrogens is 2. The van der Waals surface area contributed by atoms with E-state index in [4.69, 9.17) is 9.47 Å². The Labute approximate surface area is 170 Å². The molecule has 2 N–H and O–H groups in total. The van der Waals surface area contributed by atoms with Gasteiger partial charge in [0.1, 0.15) is 21.0 Å². The first-order valence-corrected chi connectivity index (χ1v) is 9.76. The first-order valence-electron chi connectivity index (χ1n) is 8.94. The van der Waals surface area contributed by atoms with Gasteiger partial charge in [-0.15, -0.1) is 11.3 Å². The van der Waals surface area contributed by atoms with E-state index in [0.717, 1.165) is 11.3 Å². The third-order valence-electron chi connectivity index (χ3n) is 4.41. The van der Waals surface area contributed by atoms with Gasteiger partial charge in [-0.05, 0) is 44.9 Å². The highest BCUT2D eigenvalue weighted by Gasteiger charge is 2.23. The number of esters is 2. The highest BCUT2D eigenvalue weighted by atomic mass is 32.1. The van der Waals surface area contributed by atoms with Crippen LogP contribution in [0.4, 0.5) is 0 Å². The molecule has 0 aliphatic heterocycles. The van der Waals surface area contributed by atoms with Gasteiger partial charge >= 0.3 is 11.9 Å². The number of rotatable bonds is 5. The number of phenols is 1. The average molecular weight is 416 g/mol. The molecule has 0 saturated heterocycles. The lowest BCUT2D eigenvalue weighted by atomic mass is 10.1. The lowest BCUT2D eigenvalue weighted by Gasteiger charge is -2.13. The van der Waals surface area contributed by atoms with E-state index in [9.17, 15) is 19.5 Å². The first-order chi connectivity index (χ1) is 13.7. The van der Waals surface area contributed by atoms with Crippen LogP contribution in [0.5, 0.6) is 5.75 Å². The maximum atomic E-state index is 12.6. The van der Waals surface area contributed by atoms with Gasteiger partial charge in [0.15, 0.2) is 11.9 Å². The zero-order valence-electron chi connectivity index (χ0n) is 16.4. The maximum absolute atomic E-state index is 12.6. The third kappa shape index (κ3) is 3.86.